The number of rotatable bonds is 3. The summed E-state index contributed by atoms with van der Waals surface area (Å²) in [6.45, 7) is 4.70. The van der Waals surface area contributed by atoms with Crippen molar-refractivity contribution in [2.24, 2.45) is 18.4 Å². The number of para-hydroxylation sites is 2. The zero-order valence-electron chi connectivity index (χ0n) is 15.2. The van der Waals surface area contributed by atoms with Gasteiger partial charge in [0.15, 0.2) is 0 Å². The molecule has 3 heterocycles. The van der Waals surface area contributed by atoms with Crippen LogP contribution in [-0.2, 0) is 18.3 Å². The number of fused-ring (bicyclic) bond motifs is 1. The summed E-state index contributed by atoms with van der Waals surface area (Å²) in [4.78, 5) is 17.0. The van der Waals surface area contributed by atoms with Gasteiger partial charge in [0.25, 0.3) is 5.56 Å². The van der Waals surface area contributed by atoms with E-state index in [9.17, 15) is 4.79 Å². The molecule has 0 amide bonds. The van der Waals surface area contributed by atoms with Crippen LogP contribution >= 0.6 is 0 Å². The maximum absolute atomic E-state index is 12.1. The number of aryl methyl sites for hydroxylation is 2. The van der Waals surface area contributed by atoms with E-state index < -0.39 is 0 Å². The van der Waals surface area contributed by atoms with Gasteiger partial charge in [0, 0.05) is 36.3 Å². The fraction of sp³-hybridized carbons (Fsp3) is 0.429. The van der Waals surface area contributed by atoms with Gasteiger partial charge in [-0.1, -0.05) is 12.1 Å². The van der Waals surface area contributed by atoms with Crippen LogP contribution in [0.25, 0.3) is 22.4 Å². The van der Waals surface area contributed by atoms with Crippen LogP contribution in [0.5, 0.6) is 0 Å². The van der Waals surface area contributed by atoms with E-state index in [2.05, 4.69) is 22.8 Å². The quantitative estimate of drug-likeness (QED) is 0.730. The lowest BCUT2D eigenvalue weighted by atomic mass is 9.60. The van der Waals surface area contributed by atoms with Crippen molar-refractivity contribution in [3.05, 3.63) is 52.4 Å². The molecule has 0 unspecified atom stereocenters. The first-order chi connectivity index (χ1) is 12.5. The molecule has 1 aromatic carbocycles. The highest BCUT2D eigenvalue weighted by Crippen LogP contribution is 2.51. The second kappa shape index (κ2) is 5.55. The standard InChI is InChI=1S/C21H23N3O2/c1-14-7-16(11-23(2)20(14)25)19-22-17-5-3-4-6-18(17)24(19)10-15-8-21(9-15)12-26-13-21/h3-7,11,15H,8-10,12-13H2,1-2H3. The lowest BCUT2D eigenvalue weighted by molar-refractivity contribution is -0.180. The topological polar surface area (TPSA) is 49.0 Å². The van der Waals surface area contributed by atoms with Gasteiger partial charge in [-0.05, 0) is 43.9 Å². The van der Waals surface area contributed by atoms with Gasteiger partial charge in [-0.15, -0.1) is 0 Å². The van der Waals surface area contributed by atoms with E-state index in [4.69, 9.17) is 9.72 Å². The first-order valence-electron chi connectivity index (χ1n) is 9.25. The highest BCUT2D eigenvalue weighted by atomic mass is 16.5. The normalized spacial score (nSPS) is 18.8. The van der Waals surface area contributed by atoms with Crippen molar-refractivity contribution >= 4 is 11.0 Å². The maximum Gasteiger partial charge on any atom is 0.253 e. The van der Waals surface area contributed by atoms with E-state index in [-0.39, 0.29) is 5.56 Å². The second-order valence-corrected chi connectivity index (χ2v) is 8.13. The molecule has 2 aromatic heterocycles. The summed E-state index contributed by atoms with van der Waals surface area (Å²) in [5.74, 6) is 1.62. The molecule has 134 valence electrons. The minimum absolute atomic E-state index is 0.0438. The summed E-state index contributed by atoms with van der Waals surface area (Å²) < 4.78 is 9.40. The molecule has 0 radical (unpaired) electrons. The van der Waals surface area contributed by atoms with Crippen LogP contribution in [0.3, 0.4) is 0 Å². The Morgan fingerprint density at radius 2 is 2.04 bits per heavy atom. The monoisotopic (exact) mass is 349 g/mol. The summed E-state index contributed by atoms with van der Waals surface area (Å²) in [6, 6.07) is 10.3. The Morgan fingerprint density at radius 1 is 1.27 bits per heavy atom. The molecule has 1 spiro atoms. The molecule has 5 rings (SSSR count). The molecule has 26 heavy (non-hydrogen) atoms. The van der Waals surface area contributed by atoms with Gasteiger partial charge in [0.05, 0.1) is 24.2 Å². The summed E-state index contributed by atoms with van der Waals surface area (Å²) in [6.07, 6.45) is 4.38. The number of aromatic nitrogens is 3. The summed E-state index contributed by atoms with van der Waals surface area (Å²) in [5.41, 5.74) is 4.44. The molecule has 2 aliphatic rings. The lowest BCUT2D eigenvalue weighted by Crippen LogP contribution is -2.53. The van der Waals surface area contributed by atoms with Crippen molar-refractivity contribution in [3.63, 3.8) is 0 Å². The average molecular weight is 349 g/mol. The fourth-order valence-electron chi connectivity index (χ4n) is 4.66. The van der Waals surface area contributed by atoms with Crippen molar-refractivity contribution in [3.8, 4) is 11.4 Å². The zero-order chi connectivity index (χ0) is 17.9. The highest BCUT2D eigenvalue weighted by Gasteiger charge is 2.49. The number of nitrogens with zero attached hydrogens (tertiary/aromatic N) is 3. The van der Waals surface area contributed by atoms with Crippen LogP contribution < -0.4 is 5.56 Å². The van der Waals surface area contributed by atoms with Crippen LogP contribution in [0.4, 0.5) is 0 Å². The molecule has 5 nitrogen and oxygen atoms in total. The fourth-order valence-corrected chi connectivity index (χ4v) is 4.66. The first-order valence-corrected chi connectivity index (χ1v) is 9.25. The average Bonchev–Trinajstić information content (AvgIpc) is 2.92. The summed E-state index contributed by atoms with van der Waals surface area (Å²) >= 11 is 0. The molecule has 0 bridgehead atoms. The molecule has 1 saturated heterocycles. The number of pyridine rings is 1. The molecule has 2 fully saturated rings. The molecule has 3 aromatic rings. The number of benzene rings is 1. The van der Waals surface area contributed by atoms with Gasteiger partial charge in [-0.2, -0.15) is 0 Å². The van der Waals surface area contributed by atoms with E-state index in [1.807, 2.05) is 25.3 Å². The van der Waals surface area contributed by atoms with E-state index in [0.29, 0.717) is 11.3 Å². The van der Waals surface area contributed by atoms with Gasteiger partial charge < -0.3 is 13.9 Å². The van der Waals surface area contributed by atoms with Crippen molar-refractivity contribution in [2.45, 2.75) is 26.3 Å². The van der Waals surface area contributed by atoms with Crippen LogP contribution in [0.1, 0.15) is 18.4 Å². The van der Waals surface area contributed by atoms with Crippen molar-refractivity contribution in [1.82, 2.24) is 14.1 Å². The van der Waals surface area contributed by atoms with E-state index >= 15 is 0 Å². The van der Waals surface area contributed by atoms with Gasteiger partial charge in [-0.25, -0.2) is 4.98 Å². The van der Waals surface area contributed by atoms with E-state index in [0.717, 1.165) is 42.2 Å². The van der Waals surface area contributed by atoms with Crippen LogP contribution in [-0.4, -0.2) is 27.3 Å². The Labute approximate surface area is 152 Å². The van der Waals surface area contributed by atoms with Crippen molar-refractivity contribution < 1.29 is 4.74 Å². The summed E-state index contributed by atoms with van der Waals surface area (Å²) in [5, 5.41) is 0. The number of ether oxygens (including phenoxy) is 1. The Balaban J connectivity index is 1.57. The maximum atomic E-state index is 12.1. The van der Waals surface area contributed by atoms with Gasteiger partial charge in [-0.3, -0.25) is 4.79 Å². The molecule has 5 heteroatoms. The predicted octanol–water partition coefficient (Wildman–Crippen LogP) is 3.14. The van der Waals surface area contributed by atoms with Crippen LogP contribution in [0.2, 0.25) is 0 Å². The molecular formula is C21H23N3O2. The predicted molar refractivity (Wildman–Crippen MR) is 101 cm³/mol. The van der Waals surface area contributed by atoms with E-state index in [1.165, 1.54) is 18.4 Å². The van der Waals surface area contributed by atoms with Crippen molar-refractivity contribution in [2.75, 3.05) is 13.2 Å². The molecule has 1 aliphatic carbocycles. The minimum Gasteiger partial charge on any atom is -0.380 e. The van der Waals surface area contributed by atoms with Crippen molar-refractivity contribution in [1.29, 1.82) is 0 Å². The Hall–Kier alpha value is -2.40. The largest absolute Gasteiger partial charge is 0.380 e. The van der Waals surface area contributed by atoms with Crippen LogP contribution in [0, 0.1) is 18.3 Å². The lowest BCUT2D eigenvalue weighted by Gasteiger charge is -2.53. The minimum atomic E-state index is 0.0438. The van der Waals surface area contributed by atoms with E-state index in [1.54, 1.807) is 11.6 Å². The molecule has 1 aliphatic heterocycles. The summed E-state index contributed by atoms with van der Waals surface area (Å²) in [7, 11) is 1.80. The Bertz CT molecular complexity index is 1020. The third kappa shape index (κ3) is 2.34. The van der Waals surface area contributed by atoms with Gasteiger partial charge in [0.1, 0.15) is 5.82 Å². The Kier molecular flexibility index (Phi) is 3.38. The highest BCUT2D eigenvalue weighted by molar-refractivity contribution is 5.80. The Morgan fingerprint density at radius 3 is 2.73 bits per heavy atom. The second-order valence-electron chi connectivity index (χ2n) is 8.13. The number of hydrogen-bond acceptors (Lipinski definition) is 3. The first kappa shape index (κ1) is 15.8. The smallest absolute Gasteiger partial charge is 0.253 e. The molecular weight excluding hydrogens is 326 g/mol. The zero-order valence-corrected chi connectivity index (χ0v) is 15.2. The van der Waals surface area contributed by atoms with Crippen LogP contribution in [0.15, 0.2) is 41.3 Å². The number of hydrogen-bond donors (Lipinski definition) is 0. The molecule has 0 atom stereocenters. The van der Waals surface area contributed by atoms with Gasteiger partial charge >= 0.3 is 0 Å². The molecule has 0 N–H and O–H groups in total. The third-order valence-electron chi connectivity index (χ3n) is 5.98. The van der Waals surface area contributed by atoms with Gasteiger partial charge in [0.2, 0.25) is 0 Å². The SMILES string of the molecule is Cc1cc(-c2nc3ccccc3n2CC2CC3(COC3)C2)cn(C)c1=O. The molecule has 1 saturated carbocycles. The third-order valence-corrected chi connectivity index (χ3v) is 5.98. The number of imidazole rings is 1.